The third-order valence-corrected chi connectivity index (χ3v) is 6.46. The summed E-state index contributed by atoms with van der Waals surface area (Å²) in [4.78, 5) is 16.0. The predicted molar refractivity (Wildman–Crippen MR) is 102 cm³/mol. The number of nitrogens with two attached hydrogens (primary N) is 1. The van der Waals surface area contributed by atoms with E-state index in [1.165, 1.54) is 41.5 Å². The third kappa shape index (κ3) is 3.32. The minimum atomic E-state index is 0.588. The zero-order valence-electron chi connectivity index (χ0n) is 13.7. The van der Waals surface area contributed by atoms with Gasteiger partial charge in [0.15, 0.2) is 0 Å². The Kier molecular flexibility index (Phi) is 4.55. The van der Waals surface area contributed by atoms with Crippen LogP contribution in [-0.4, -0.2) is 15.0 Å². The summed E-state index contributed by atoms with van der Waals surface area (Å²) < 4.78 is 0. The Morgan fingerprint density at radius 2 is 2.12 bits per heavy atom. The first-order valence-corrected chi connectivity index (χ1v) is 10.1. The number of anilines is 1. The molecule has 3 aromatic rings. The van der Waals surface area contributed by atoms with Crippen molar-refractivity contribution in [3.63, 3.8) is 0 Å². The van der Waals surface area contributed by atoms with Crippen LogP contribution in [0.3, 0.4) is 0 Å². The Morgan fingerprint density at radius 3 is 3.00 bits per heavy atom. The lowest BCUT2D eigenvalue weighted by molar-refractivity contribution is 0.713. The smallest absolute Gasteiger partial charge is 0.142 e. The molecule has 0 bridgehead atoms. The van der Waals surface area contributed by atoms with Crippen molar-refractivity contribution in [1.29, 1.82) is 5.26 Å². The van der Waals surface area contributed by atoms with E-state index in [4.69, 9.17) is 16.0 Å². The fourth-order valence-electron chi connectivity index (χ4n) is 3.17. The number of nitriles is 1. The molecule has 0 spiro atoms. The van der Waals surface area contributed by atoms with Gasteiger partial charge in [0.25, 0.3) is 0 Å². The fraction of sp³-hybridized carbons (Fsp3) is 0.333. The fourth-order valence-corrected chi connectivity index (χ4v) is 5.21. The van der Waals surface area contributed by atoms with E-state index in [1.807, 2.05) is 0 Å². The summed E-state index contributed by atoms with van der Waals surface area (Å²) in [6, 6.07) is 5.60. The largest absolute Gasteiger partial charge is 0.383 e. The van der Waals surface area contributed by atoms with Gasteiger partial charge in [-0.15, -0.1) is 11.3 Å². The average Bonchev–Trinajstić information content (AvgIpc) is 2.82. The number of fused-ring (bicyclic) bond motifs is 3. The molecule has 1 aliphatic carbocycles. The minimum Gasteiger partial charge on any atom is -0.383 e. The van der Waals surface area contributed by atoms with Gasteiger partial charge in [0.05, 0.1) is 27.8 Å². The first-order chi connectivity index (χ1) is 12.2. The number of thiophene rings is 1. The first kappa shape index (κ1) is 16.3. The van der Waals surface area contributed by atoms with Gasteiger partial charge >= 0.3 is 0 Å². The second-order valence-electron chi connectivity index (χ2n) is 6.05. The molecular formula is C18H17N5S2. The molecule has 25 heavy (non-hydrogen) atoms. The van der Waals surface area contributed by atoms with Gasteiger partial charge in [-0.25, -0.2) is 15.0 Å². The van der Waals surface area contributed by atoms with Gasteiger partial charge < -0.3 is 5.73 Å². The molecule has 0 unspecified atom stereocenters. The van der Waals surface area contributed by atoms with Crippen molar-refractivity contribution in [2.75, 3.05) is 5.73 Å². The van der Waals surface area contributed by atoms with Crippen LogP contribution >= 0.6 is 23.1 Å². The summed E-state index contributed by atoms with van der Waals surface area (Å²) in [5.41, 5.74) is 8.26. The second kappa shape index (κ2) is 6.98. The monoisotopic (exact) mass is 367 g/mol. The van der Waals surface area contributed by atoms with E-state index < -0.39 is 0 Å². The summed E-state index contributed by atoms with van der Waals surface area (Å²) in [6.07, 6.45) is 7.61. The van der Waals surface area contributed by atoms with Gasteiger partial charge in [-0.3, -0.25) is 0 Å². The highest BCUT2D eigenvalue weighted by Gasteiger charge is 2.19. The number of nitrogen functional groups attached to an aromatic ring is 1. The predicted octanol–water partition coefficient (Wildman–Crippen LogP) is 4.10. The molecule has 7 heteroatoms. The maximum atomic E-state index is 8.98. The second-order valence-corrected chi connectivity index (χ2v) is 8.13. The lowest BCUT2D eigenvalue weighted by atomic mass is 10.1. The highest BCUT2D eigenvalue weighted by atomic mass is 32.2. The van der Waals surface area contributed by atoms with Crippen LogP contribution in [0.5, 0.6) is 0 Å². The van der Waals surface area contributed by atoms with E-state index in [9.17, 15) is 0 Å². The average molecular weight is 368 g/mol. The molecule has 3 aromatic heterocycles. The van der Waals surface area contributed by atoms with Crippen LogP contribution < -0.4 is 5.73 Å². The van der Waals surface area contributed by atoms with Crippen LogP contribution in [0.15, 0.2) is 23.4 Å². The first-order valence-electron chi connectivity index (χ1n) is 8.30. The number of nitrogens with zero attached hydrogens (tertiary/aromatic N) is 4. The Labute approximate surface area is 154 Å². The Bertz CT molecular complexity index is 973. The van der Waals surface area contributed by atoms with E-state index in [0.29, 0.717) is 17.1 Å². The van der Waals surface area contributed by atoms with Crippen LogP contribution in [0, 0.1) is 11.3 Å². The molecule has 0 fully saturated rings. The Balaban J connectivity index is 1.61. The molecule has 0 saturated carbocycles. The molecule has 1 aliphatic rings. The van der Waals surface area contributed by atoms with E-state index in [0.717, 1.165) is 33.9 Å². The zero-order valence-corrected chi connectivity index (χ0v) is 15.3. The molecule has 2 N–H and O–H groups in total. The van der Waals surface area contributed by atoms with E-state index in [1.54, 1.807) is 29.7 Å². The van der Waals surface area contributed by atoms with Gasteiger partial charge in [-0.1, -0.05) is 18.2 Å². The standard InChI is InChI=1S/C18H17N5S2/c19-9-11-6-7-21-15(8-11)24-10-14-22-17(20)16-12-4-2-1-3-5-13(12)25-18(16)23-14/h6-8H,1-5,10H2,(H2,20,22,23). The van der Waals surface area contributed by atoms with E-state index >= 15 is 0 Å². The summed E-state index contributed by atoms with van der Waals surface area (Å²) in [7, 11) is 0. The van der Waals surface area contributed by atoms with Crippen LogP contribution in [0.25, 0.3) is 10.2 Å². The quantitative estimate of drug-likeness (QED) is 0.554. The Hall–Kier alpha value is -2.17. The number of pyridine rings is 1. The summed E-state index contributed by atoms with van der Waals surface area (Å²) in [5.74, 6) is 1.90. The van der Waals surface area contributed by atoms with E-state index in [-0.39, 0.29) is 0 Å². The molecule has 0 aliphatic heterocycles. The van der Waals surface area contributed by atoms with Crippen molar-refractivity contribution in [3.05, 3.63) is 40.2 Å². The number of rotatable bonds is 3. The molecule has 5 nitrogen and oxygen atoms in total. The maximum absolute atomic E-state index is 8.98. The molecule has 0 aromatic carbocycles. The maximum Gasteiger partial charge on any atom is 0.142 e. The third-order valence-electron chi connectivity index (χ3n) is 4.35. The number of hydrogen-bond donors (Lipinski definition) is 1. The summed E-state index contributed by atoms with van der Waals surface area (Å²) in [5, 5.41) is 10.8. The van der Waals surface area contributed by atoms with Crippen molar-refractivity contribution in [1.82, 2.24) is 15.0 Å². The minimum absolute atomic E-state index is 0.588. The van der Waals surface area contributed by atoms with Crippen LogP contribution in [0.4, 0.5) is 5.82 Å². The topological polar surface area (TPSA) is 88.5 Å². The Morgan fingerprint density at radius 1 is 1.24 bits per heavy atom. The highest BCUT2D eigenvalue weighted by molar-refractivity contribution is 7.98. The molecule has 3 heterocycles. The molecule has 0 amide bonds. The molecule has 0 saturated heterocycles. The summed E-state index contributed by atoms with van der Waals surface area (Å²) >= 11 is 3.29. The normalized spacial score (nSPS) is 14.0. The van der Waals surface area contributed by atoms with Crippen molar-refractivity contribution in [2.45, 2.75) is 42.9 Å². The van der Waals surface area contributed by atoms with Gasteiger partial charge in [0.1, 0.15) is 16.5 Å². The van der Waals surface area contributed by atoms with Gasteiger partial charge in [-0.2, -0.15) is 5.26 Å². The molecule has 0 radical (unpaired) electrons. The number of aryl methyl sites for hydroxylation is 2. The number of thioether (sulfide) groups is 1. The van der Waals surface area contributed by atoms with Gasteiger partial charge in [0.2, 0.25) is 0 Å². The number of aromatic nitrogens is 3. The van der Waals surface area contributed by atoms with Crippen LogP contribution in [-0.2, 0) is 18.6 Å². The van der Waals surface area contributed by atoms with Crippen molar-refractivity contribution in [2.24, 2.45) is 0 Å². The molecule has 4 rings (SSSR count). The van der Waals surface area contributed by atoms with Crippen LogP contribution in [0.1, 0.15) is 41.1 Å². The molecular weight excluding hydrogens is 350 g/mol. The molecule has 0 atom stereocenters. The lowest BCUT2D eigenvalue weighted by Crippen LogP contribution is -2.00. The van der Waals surface area contributed by atoms with Gasteiger partial charge in [-0.05, 0) is 43.4 Å². The SMILES string of the molecule is N#Cc1ccnc(SCc2nc(N)c3c4c(sc3n2)CCCCC4)c1. The van der Waals surface area contributed by atoms with Crippen molar-refractivity contribution in [3.8, 4) is 6.07 Å². The highest BCUT2D eigenvalue weighted by Crippen LogP contribution is 2.37. The molecule has 126 valence electrons. The summed E-state index contributed by atoms with van der Waals surface area (Å²) in [6.45, 7) is 0. The zero-order chi connectivity index (χ0) is 17.2. The van der Waals surface area contributed by atoms with E-state index in [2.05, 4.69) is 16.0 Å². The number of hydrogen-bond acceptors (Lipinski definition) is 7. The lowest BCUT2D eigenvalue weighted by Gasteiger charge is -2.05. The van der Waals surface area contributed by atoms with Gasteiger partial charge in [0, 0.05) is 11.1 Å². The van der Waals surface area contributed by atoms with Crippen molar-refractivity contribution < 1.29 is 0 Å². The van der Waals surface area contributed by atoms with Crippen molar-refractivity contribution >= 4 is 39.1 Å². The van der Waals surface area contributed by atoms with Crippen LogP contribution in [0.2, 0.25) is 0 Å².